The first kappa shape index (κ1) is 23.2. The van der Waals surface area contributed by atoms with E-state index in [1.165, 1.54) is 0 Å². The van der Waals surface area contributed by atoms with Crippen LogP contribution in [-0.2, 0) is 0 Å². The quantitative estimate of drug-likeness (QED) is 0.229. The number of furan rings is 1. The molecule has 0 bridgehead atoms. The lowest BCUT2D eigenvalue weighted by molar-refractivity contribution is 0.669. The summed E-state index contributed by atoms with van der Waals surface area (Å²) in [4.78, 5) is 18.6. The zero-order valence-corrected chi connectivity index (χ0v) is 21.9. The zero-order chi connectivity index (χ0) is 27.2. The maximum Gasteiger partial charge on any atom is 0.136 e. The third-order valence-electron chi connectivity index (χ3n) is 7.42. The average molecular weight is 527 g/mol. The monoisotopic (exact) mass is 526 g/mol. The van der Waals surface area contributed by atoms with Gasteiger partial charge in [0.2, 0.25) is 0 Å². The summed E-state index contributed by atoms with van der Waals surface area (Å²) >= 11 is 0. The van der Waals surface area contributed by atoms with Gasteiger partial charge in [0.1, 0.15) is 11.2 Å². The fourth-order valence-electron chi connectivity index (χ4n) is 5.48. The fourth-order valence-corrected chi connectivity index (χ4v) is 5.48. The summed E-state index contributed by atoms with van der Waals surface area (Å²) in [6.45, 7) is 0. The molecular weight excluding hydrogens is 504 g/mol. The van der Waals surface area contributed by atoms with Crippen LogP contribution < -0.4 is 0 Å². The van der Waals surface area contributed by atoms with Gasteiger partial charge in [-0.1, -0.05) is 42.5 Å². The fraction of sp³-hybridized carbons (Fsp3) is 0. The van der Waals surface area contributed by atoms with Crippen molar-refractivity contribution >= 4 is 32.8 Å². The molecular formula is C36H22N4O. The third kappa shape index (κ3) is 4.12. The van der Waals surface area contributed by atoms with Gasteiger partial charge < -0.3 is 4.42 Å². The SMILES string of the molecule is c1ccc(-c2cc(-c3ccc4oc5cccc(-c6ccc7ncccc7c6)c5c4c3)cc(-c3ccccn3)n2)nc1. The van der Waals surface area contributed by atoms with Crippen molar-refractivity contribution in [3.63, 3.8) is 0 Å². The second kappa shape index (κ2) is 9.50. The second-order valence-corrected chi connectivity index (χ2v) is 9.96. The van der Waals surface area contributed by atoms with E-state index in [1.807, 2.05) is 54.7 Å². The minimum atomic E-state index is 0.798. The zero-order valence-electron chi connectivity index (χ0n) is 21.9. The van der Waals surface area contributed by atoms with E-state index in [2.05, 4.69) is 81.7 Å². The van der Waals surface area contributed by atoms with Crippen molar-refractivity contribution in [2.45, 2.75) is 0 Å². The van der Waals surface area contributed by atoms with Crippen LogP contribution in [0.3, 0.4) is 0 Å². The molecule has 0 aliphatic heterocycles. The van der Waals surface area contributed by atoms with Gasteiger partial charge in [-0.05, 0) is 95.1 Å². The van der Waals surface area contributed by atoms with Crippen molar-refractivity contribution in [2.24, 2.45) is 0 Å². The van der Waals surface area contributed by atoms with E-state index in [-0.39, 0.29) is 0 Å². The van der Waals surface area contributed by atoms with E-state index in [4.69, 9.17) is 9.40 Å². The van der Waals surface area contributed by atoms with Crippen LogP contribution in [0.4, 0.5) is 0 Å². The lowest BCUT2D eigenvalue weighted by atomic mass is 9.96. The van der Waals surface area contributed by atoms with E-state index < -0.39 is 0 Å². The summed E-state index contributed by atoms with van der Waals surface area (Å²) in [6, 6.07) is 39.0. The molecule has 0 N–H and O–H groups in total. The number of benzene rings is 3. The predicted molar refractivity (Wildman–Crippen MR) is 164 cm³/mol. The Balaban J connectivity index is 1.34. The van der Waals surface area contributed by atoms with Crippen molar-refractivity contribution < 1.29 is 4.42 Å². The summed E-state index contributed by atoms with van der Waals surface area (Å²) in [5.41, 5.74) is 10.3. The predicted octanol–water partition coefficient (Wildman–Crippen LogP) is 8.99. The van der Waals surface area contributed by atoms with Crippen LogP contribution in [0.1, 0.15) is 0 Å². The molecule has 0 aliphatic carbocycles. The van der Waals surface area contributed by atoms with Gasteiger partial charge >= 0.3 is 0 Å². The maximum absolute atomic E-state index is 6.33. The van der Waals surface area contributed by atoms with Crippen LogP contribution in [0.15, 0.2) is 138 Å². The first-order valence-electron chi connectivity index (χ1n) is 13.5. The molecule has 0 spiro atoms. The normalized spacial score (nSPS) is 11.4. The van der Waals surface area contributed by atoms with Gasteiger partial charge in [0, 0.05) is 34.7 Å². The highest BCUT2D eigenvalue weighted by Crippen LogP contribution is 2.39. The summed E-state index contributed by atoms with van der Waals surface area (Å²) in [7, 11) is 0. The Bertz CT molecular complexity index is 2150. The Morgan fingerprint density at radius 3 is 1.98 bits per heavy atom. The largest absolute Gasteiger partial charge is 0.456 e. The molecule has 0 amide bonds. The van der Waals surface area contributed by atoms with Gasteiger partial charge in [-0.2, -0.15) is 0 Å². The maximum atomic E-state index is 6.33. The molecule has 0 aliphatic rings. The highest BCUT2D eigenvalue weighted by atomic mass is 16.3. The molecule has 8 aromatic rings. The molecule has 192 valence electrons. The van der Waals surface area contributed by atoms with Gasteiger partial charge in [-0.25, -0.2) is 4.98 Å². The van der Waals surface area contributed by atoms with Gasteiger partial charge in [0.25, 0.3) is 0 Å². The van der Waals surface area contributed by atoms with Gasteiger partial charge in [-0.3, -0.25) is 15.0 Å². The van der Waals surface area contributed by atoms with E-state index in [1.54, 1.807) is 12.4 Å². The number of hydrogen-bond acceptors (Lipinski definition) is 5. The first-order chi connectivity index (χ1) is 20.3. The van der Waals surface area contributed by atoms with Crippen LogP contribution in [0.5, 0.6) is 0 Å². The van der Waals surface area contributed by atoms with Gasteiger partial charge in [-0.15, -0.1) is 0 Å². The number of aromatic nitrogens is 4. The Morgan fingerprint density at radius 2 is 1.22 bits per heavy atom. The second-order valence-electron chi connectivity index (χ2n) is 9.96. The van der Waals surface area contributed by atoms with Crippen LogP contribution in [0.25, 0.3) is 77.9 Å². The topological polar surface area (TPSA) is 64.7 Å². The molecule has 0 saturated carbocycles. The third-order valence-corrected chi connectivity index (χ3v) is 7.42. The van der Waals surface area contributed by atoms with E-state index in [9.17, 15) is 0 Å². The Morgan fingerprint density at radius 1 is 0.463 bits per heavy atom. The van der Waals surface area contributed by atoms with Crippen molar-refractivity contribution in [1.82, 2.24) is 19.9 Å². The minimum Gasteiger partial charge on any atom is -0.456 e. The average Bonchev–Trinajstić information content (AvgIpc) is 3.43. The molecule has 0 fully saturated rings. The van der Waals surface area contributed by atoms with E-state index >= 15 is 0 Å². The van der Waals surface area contributed by atoms with E-state index in [0.29, 0.717) is 0 Å². The molecule has 41 heavy (non-hydrogen) atoms. The molecule has 0 saturated heterocycles. The molecule has 0 atom stereocenters. The van der Waals surface area contributed by atoms with Gasteiger partial charge in [0.05, 0.1) is 28.3 Å². The lowest BCUT2D eigenvalue weighted by Gasteiger charge is -2.10. The summed E-state index contributed by atoms with van der Waals surface area (Å²) < 4.78 is 6.33. The van der Waals surface area contributed by atoms with Crippen molar-refractivity contribution in [3.8, 4) is 45.0 Å². The Kier molecular flexibility index (Phi) is 5.38. The van der Waals surface area contributed by atoms with Crippen LogP contribution in [0, 0.1) is 0 Å². The Hall–Kier alpha value is -5.68. The number of hydrogen-bond donors (Lipinski definition) is 0. The van der Waals surface area contributed by atoms with E-state index in [0.717, 1.165) is 77.9 Å². The molecule has 8 rings (SSSR count). The van der Waals surface area contributed by atoms with Crippen molar-refractivity contribution in [3.05, 3.63) is 134 Å². The number of rotatable bonds is 4. The molecule has 0 radical (unpaired) electrons. The van der Waals surface area contributed by atoms with Crippen LogP contribution >= 0.6 is 0 Å². The smallest absolute Gasteiger partial charge is 0.136 e. The molecule has 5 heterocycles. The molecule has 3 aromatic carbocycles. The van der Waals surface area contributed by atoms with Crippen LogP contribution in [-0.4, -0.2) is 19.9 Å². The Labute approximate surface area is 235 Å². The molecule has 0 unspecified atom stereocenters. The highest BCUT2D eigenvalue weighted by molar-refractivity contribution is 6.13. The summed E-state index contributed by atoms with van der Waals surface area (Å²) in [5, 5.41) is 3.27. The van der Waals surface area contributed by atoms with Crippen molar-refractivity contribution in [1.29, 1.82) is 0 Å². The standard InChI is InChI=1S/C36H22N4O/c1-3-16-38-30(9-1)32-21-26(22-33(40-32)31-10-2-4-17-39-31)23-13-15-34-28(20-23)36-27(8-5-11-35(36)41-34)24-12-14-29-25(19-24)7-6-18-37-29/h1-22H. The minimum absolute atomic E-state index is 0.798. The highest BCUT2D eigenvalue weighted by Gasteiger charge is 2.16. The van der Waals surface area contributed by atoms with Gasteiger partial charge in [0.15, 0.2) is 0 Å². The number of pyridine rings is 4. The van der Waals surface area contributed by atoms with Crippen LogP contribution in [0.2, 0.25) is 0 Å². The number of nitrogens with zero attached hydrogens (tertiary/aromatic N) is 4. The molecule has 5 heteroatoms. The summed E-state index contributed by atoms with van der Waals surface area (Å²) in [6.07, 6.45) is 5.40. The lowest BCUT2D eigenvalue weighted by Crippen LogP contribution is -1.93. The molecule has 5 nitrogen and oxygen atoms in total. The molecule has 5 aromatic heterocycles. The summed E-state index contributed by atoms with van der Waals surface area (Å²) in [5.74, 6) is 0. The van der Waals surface area contributed by atoms with Crippen molar-refractivity contribution in [2.75, 3.05) is 0 Å². The number of fused-ring (bicyclic) bond motifs is 4. The first-order valence-corrected chi connectivity index (χ1v) is 13.5.